The predicted octanol–water partition coefficient (Wildman–Crippen LogP) is 12.1. The van der Waals surface area contributed by atoms with E-state index in [9.17, 15) is 29.4 Å². The third-order valence-corrected chi connectivity index (χ3v) is 12.5. The average Bonchev–Trinajstić information content (AvgIpc) is 3.29. The summed E-state index contributed by atoms with van der Waals surface area (Å²) in [5, 5.41) is 19.6. The molecule has 0 aliphatic rings. The van der Waals surface area contributed by atoms with E-state index in [0.717, 1.165) is 21.6 Å². The van der Waals surface area contributed by atoms with Crippen LogP contribution in [0.2, 0.25) is 20.1 Å². The van der Waals surface area contributed by atoms with Gasteiger partial charge in [-0.25, -0.2) is 0 Å². The summed E-state index contributed by atoms with van der Waals surface area (Å²) in [5.74, 6) is -2.65. The molecule has 63 heavy (non-hydrogen) atoms. The molecule has 0 spiro atoms. The van der Waals surface area contributed by atoms with E-state index in [4.69, 9.17) is 55.9 Å². The number of rotatable bonds is 16. The van der Waals surface area contributed by atoms with Crippen molar-refractivity contribution in [2.45, 2.75) is 9.79 Å². The van der Waals surface area contributed by atoms with Crippen molar-refractivity contribution in [2.24, 2.45) is 0 Å². The van der Waals surface area contributed by atoms with Crippen LogP contribution in [-0.2, 0) is 19.2 Å². The van der Waals surface area contributed by atoms with Gasteiger partial charge in [-0.05, 0) is 71.8 Å². The molecule has 6 aromatic rings. The van der Waals surface area contributed by atoms with Crippen LogP contribution in [0.1, 0.15) is 11.1 Å². The van der Waals surface area contributed by atoms with Crippen molar-refractivity contribution < 1.29 is 38.9 Å². The fourth-order valence-electron chi connectivity index (χ4n) is 6.58. The molecule has 2 amide bonds. The zero-order valence-electron chi connectivity index (χ0n) is 33.4. The number of carboxylic acids is 2. The largest absolute Gasteiger partial charge is 0.496 e. The molecular weight excluding hydrogens is 906 g/mol. The van der Waals surface area contributed by atoms with E-state index in [1.54, 1.807) is 97.1 Å². The molecule has 0 atom stereocenters. The Kier molecular flexibility index (Phi) is 15.6. The van der Waals surface area contributed by atoms with Crippen molar-refractivity contribution in [3.63, 3.8) is 0 Å². The minimum absolute atomic E-state index is 0.0747. The number of hydrogen-bond donors (Lipinski definition) is 2. The first-order chi connectivity index (χ1) is 30.3. The van der Waals surface area contributed by atoms with Crippen LogP contribution in [0.15, 0.2) is 143 Å². The predicted molar refractivity (Wildman–Crippen MR) is 252 cm³/mol. The maximum absolute atomic E-state index is 13.6. The molecule has 10 nitrogen and oxygen atoms in total. The van der Waals surface area contributed by atoms with Gasteiger partial charge < -0.3 is 19.7 Å². The summed E-state index contributed by atoms with van der Waals surface area (Å²) in [5.41, 5.74) is 3.73. The first-order valence-corrected chi connectivity index (χ1v) is 21.2. The maximum Gasteiger partial charge on any atom is 0.323 e. The Morgan fingerprint density at radius 3 is 1.22 bits per heavy atom. The highest BCUT2D eigenvalue weighted by Crippen LogP contribution is 2.50. The lowest BCUT2D eigenvalue weighted by atomic mass is 9.98. The van der Waals surface area contributed by atoms with Gasteiger partial charge in [-0.2, -0.15) is 0 Å². The zero-order chi connectivity index (χ0) is 45.2. The minimum Gasteiger partial charge on any atom is -0.496 e. The van der Waals surface area contributed by atoms with E-state index in [0.29, 0.717) is 66.0 Å². The Labute approximate surface area is 387 Å². The molecule has 2 N–H and O–H groups in total. The number of halogens is 4. The SMILES string of the molecule is COc1ccccc1-c1cc(Sc2cc(-c3ccccc3OC)c(C=CC(=O)N(CC(=O)O)c3ccccc3)c(Cl)c2Cl)c(Cl)c(Cl)c1C=CC(=O)N(CC(=O)O)c1ccccc1. The van der Waals surface area contributed by atoms with E-state index in [1.807, 2.05) is 24.3 Å². The lowest BCUT2D eigenvalue weighted by molar-refractivity contribution is -0.137. The van der Waals surface area contributed by atoms with Crippen LogP contribution in [0, 0.1) is 0 Å². The van der Waals surface area contributed by atoms with Gasteiger partial charge >= 0.3 is 11.9 Å². The van der Waals surface area contributed by atoms with Crippen molar-refractivity contribution in [1.29, 1.82) is 0 Å². The minimum atomic E-state index is -1.20. The first kappa shape index (κ1) is 46.3. The summed E-state index contributed by atoms with van der Waals surface area (Å²) < 4.78 is 11.4. The molecule has 0 aromatic heterocycles. The van der Waals surface area contributed by atoms with Crippen molar-refractivity contribution in [2.75, 3.05) is 37.1 Å². The van der Waals surface area contributed by atoms with Gasteiger partial charge in [0.2, 0.25) is 0 Å². The molecule has 0 bridgehead atoms. The van der Waals surface area contributed by atoms with Crippen LogP contribution in [0.3, 0.4) is 0 Å². The second-order valence-corrected chi connectivity index (χ2v) is 16.0. The van der Waals surface area contributed by atoms with E-state index in [2.05, 4.69) is 0 Å². The zero-order valence-corrected chi connectivity index (χ0v) is 37.3. The van der Waals surface area contributed by atoms with Gasteiger partial charge in [0.05, 0.1) is 34.3 Å². The molecule has 320 valence electrons. The normalized spacial score (nSPS) is 11.1. The van der Waals surface area contributed by atoms with Crippen LogP contribution >= 0.6 is 58.2 Å². The van der Waals surface area contributed by atoms with Crippen LogP contribution < -0.4 is 19.3 Å². The fraction of sp³-hybridized carbons (Fsp3) is 0.0833. The highest BCUT2D eigenvalue weighted by atomic mass is 35.5. The summed E-state index contributed by atoms with van der Waals surface area (Å²) in [7, 11) is 3.04. The van der Waals surface area contributed by atoms with Crippen LogP contribution in [0.4, 0.5) is 11.4 Å². The van der Waals surface area contributed by atoms with Gasteiger partial charge in [-0.1, -0.05) is 131 Å². The maximum atomic E-state index is 13.6. The Bertz CT molecular complexity index is 2560. The highest BCUT2D eigenvalue weighted by molar-refractivity contribution is 7.99. The van der Waals surface area contributed by atoms with E-state index < -0.39 is 36.8 Å². The molecule has 6 aromatic carbocycles. The van der Waals surface area contributed by atoms with Gasteiger partial charge in [-0.3, -0.25) is 29.0 Å². The second kappa shape index (κ2) is 21.2. The Balaban J connectivity index is 1.48. The smallest absolute Gasteiger partial charge is 0.323 e. The number of carboxylic acid groups (broad SMARTS) is 2. The van der Waals surface area contributed by atoms with Gasteiger partial charge in [-0.15, -0.1) is 0 Å². The lowest BCUT2D eigenvalue weighted by Gasteiger charge is -2.20. The molecule has 0 saturated carbocycles. The summed E-state index contributed by atoms with van der Waals surface area (Å²) in [6.07, 6.45) is 5.41. The number of carbonyl (C=O) groups is 4. The first-order valence-electron chi connectivity index (χ1n) is 18.8. The summed E-state index contributed by atoms with van der Waals surface area (Å²) in [6.45, 7) is -1.17. The third kappa shape index (κ3) is 10.9. The molecule has 0 fully saturated rings. The molecule has 0 saturated heterocycles. The molecular formula is C48H36Cl4N2O8S. The molecule has 6 rings (SSSR count). The van der Waals surface area contributed by atoms with E-state index in [-0.39, 0.29) is 20.1 Å². The average molecular weight is 943 g/mol. The van der Waals surface area contributed by atoms with Crippen LogP contribution in [0.5, 0.6) is 11.5 Å². The monoisotopic (exact) mass is 940 g/mol. The number of nitrogens with zero attached hydrogens (tertiary/aromatic N) is 2. The number of carbonyl (C=O) groups excluding carboxylic acids is 2. The number of ether oxygens (including phenoxy) is 2. The Morgan fingerprint density at radius 2 is 0.873 bits per heavy atom. The Hall–Kier alpha value is -6.21. The van der Waals surface area contributed by atoms with Gasteiger partial charge in [0.15, 0.2) is 0 Å². The van der Waals surface area contributed by atoms with E-state index in [1.165, 1.54) is 38.5 Å². The molecule has 0 heterocycles. The van der Waals surface area contributed by atoms with Crippen LogP contribution in [0.25, 0.3) is 34.4 Å². The number of para-hydroxylation sites is 4. The fourth-order valence-corrected chi connectivity index (χ4v) is 8.74. The van der Waals surface area contributed by atoms with Crippen molar-refractivity contribution in [1.82, 2.24) is 0 Å². The molecule has 0 unspecified atom stereocenters. The number of methoxy groups -OCH3 is 2. The Morgan fingerprint density at radius 1 is 0.524 bits per heavy atom. The number of amides is 2. The van der Waals surface area contributed by atoms with Crippen LogP contribution in [-0.4, -0.2) is 61.3 Å². The van der Waals surface area contributed by atoms with Gasteiger partial charge in [0.1, 0.15) is 24.6 Å². The van der Waals surface area contributed by atoms with Crippen molar-refractivity contribution >= 4 is 105 Å². The molecule has 0 radical (unpaired) electrons. The standard InChI is InChI=1S/C48H36Cl4N2O8S/c1-61-37-19-11-9-17-31(37)35-25-39(47(51)45(49)33(35)21-23-41(55)53(27-43(57)58)29-13-5-3-6-14-29)63-40-26-36(32-18-10-12-20-38(32)62-2)34(46(50)48(40)52)22-24-42(56)54(28-44(59)60)30-15-7-4-8-16-30/h3-26H,27-28H2,1-2H3,(H,57,58)(H,59,60). The number of anilines is 2. The van der Waals surface area contributed by atoms with Gasteiger partial charge in [0, 0.05) is 55.6 Å². The number of hydrogen-bond acceptors (Lipinski definition) is 7. The number of aliphatic carboxylic acids is 2. The molecule has 15 heteroatoms. The molecule has 0 aliphatic heterocycles. The lowest BCUT2D eigenvalue weighted by Crippen LogP contribution is -2.34. The summed E-state index contributed by atoms with van der Waals surface area (Å²) in [4.78, 5) is 54.0. The number of benzene rings is 6. The van der Waals surface area contributed by atoms with Crippen molar-refractivity contribution in [3.05, 3.63) is 165 Å². The molecule has 0 aliphatic carbocycles. The summed E-state index contributed by atoms with van der Waals surface area (Å²) >= 11 is 29.5. The second-order valence-electron chi connectivity index (χ2n) is 13.4. The van der Waals surface area contributed by atoms with E-state index >= 15 is 0 Å². The topological polar surface area (TPSA) is 134 Å². The quantitative estimate of drug-likeness (QED) is 0.0910. The third-order valence-electron chi connectivity index (χ3n) is 9.48. The van der Waals surface area contributed by atoms with Gasteiger partial charge in [0.25, 0.3) is 11.8 Å². The highest BCUT2D eigenvalue weighted by Gasteiger charge is 2.24. The van der Waals surface area contributed by atoms with Crippen molar-refractivity contribution in [3.8, 4) is 33.8 Å². The summed E-state index contributed by atoms with van der Waals surface area (Å²) in [6, 6.07) is 34.7.